The Morgan fingerprint density at radius 2 is 1.58 bits per heavy atom. The summed E-state index contributed by atoms with van der Waals surface area (Å²) >= 11 is 0. The molecule has 0 aromatic rings. The van der Waals surface area contributed by atoms with Crippen molar-refractivity contribution in [2.45, 2.75) is 25.9 Å². The summed E-state index contributed by atoms with van der Waals surface area (Å²) in [5.41, 5.74) is 4.58. The third-order valence-electron chi connectivity index (χ3n) is 0.756. The molecule has 12 heavy (non-hydrogen) atoms. The van der Waals surface area contributed by atoms with Gasteiger partial charge < -0.3 is 10.8 Å². The van der Waals surface area contributed by atoms with Gasteiger partial charge in [0.1, 0.15) is 0 Å². The molecule has 0 aliphatic heterocycles. The number of rotatable bonds is 2. The Kier molecular flexibility index (Phi) is 6.49. The Morgan fingerprint density at radius 1 is 1.33 bits per heavy atom. The van der Waals surface area contributed by atoms with Crippen LogP contribution in [0.1, 0.15) is 20.3 Å². The first-order valence-corrected chi connectivity index (χ1v) is 4.58. The maximum absolute atomic E-state index is 8.94. The highest BCUT2D eigenvalue weighted by molar-refractivity contribution is 7.79. The van der Waals surface area contributed by atoms with Crippen LogP contribution >= 0.6 is 0 Å². The largest absolute Gasteiger partial charge is 0.394 e. The van der Waals surface area contributed by atoms with Gasteiger partial charge in [-0.05, 0) is 26.8 Å². The molecule has 0 saturated carbocycles. The molecule has 0 amide bonds. The summed E-state index contributed by atoms with van der Waals surface area (Å²) in [5, 5.41) is 8.94. The molecule has 0 spiro atoms. The van der Waals surface area contributed by atoms with Crippen molar-refractivity contribution in [2.75, 3.05) is 6.54 Å². The maximum Gasteiger partial charge on any atom is 0.394 e. The molecule has 7 heteroatoms. The summed E-state index contributed by atoms with van der Waals surface area (Å²) in [6.45, 7) is 4.06. The van der Waals surface area contributed by atoms with Gasteiger partial charge in [-0.3, -0.25) is 9.11 Å². The predicted octanol–water partition coefficient (Wildman–Crippen LogP) is -0.547. The molecule has 0 unspecified atom stereocenters. The number of hydrogen-bond donors (Lipinski definition) is 4. The van der Waals surface area contributed by atoms with Crippen molar-refractivity contribution in [3.8, 4) is 0 Å². The molecule has 5 N–H and O–H groups in total. The van der Waals surface area contributed by atoms with Gasteiger partial charge in [0, 0.05) is 0 Å². The lowest BCUT2D eigenvalue weighted by atomic mass is 10.1. The Balaban J connectivity index is 0. The van der Waals surface area contributed by atoms with Crippen molar-refractivity contribution in [1.29, 1.82) is 0 Å². The second-order valence-corrected chi connectivity index (χ2v) is 3.69. The molecule has 0 fully saturated rings. The normalized spacial score (nSPS) is 11.8. The highest BCUT2D eigenvalue weighted by atomic mass is 32.3. The van der Waals surface area contributed by atoms with E-state index in [-0.39, 0.29) is 0 Å². The molecule has 0 bridgehead atoms. The molecule has 6 nitrogen and oxygen atoms in total. The van der Waals surface area contributed by atoms with Crippen LogP contribution < -0.4 is 5.73 Å². The van der Waals surface area contributed by atoms with Gasteiger partial charge in [-0.25, -0.2) is 0 Å². The van der Waals surface area contributed by atoms with Gasteiger partial charge in [0.05, 0.1) is 5.60 Å². The fourth-order valence-electron chi connectivity index (χ4n) is 0.353. The monoisotopic (exact) mass is 201 g/mol. The van der Waals surface area contributed by atoms with Gasteiger partial charge in [0.25, 0.3) is 0 Å². The summed E-state index contributed by atoms with van der Waals surface area (Å²) in [7, 11) is -4.67. The first kappa shape index (κ1) is 14.3. The minimum atomic E-state index is -4.67. The van der Waals surface area contributed by atoms with Gasteiger partial charge in [0.2, 0.25) is 0 Å². The lowest BCUT2D eigenvalue weighted by Gasteiger charge is -2.13. The molecule has 0 aliphatic carbocycles. The van der Waals surface area contributed by atoms with E-state index in [0.29, 0.717) is 13.0 Å². The Hall–Kier alpha value is -0.210. The van der Waals surface area contributed by atoms with Crippen LogP contribution in [-0.2, 0) is 10.4 Å². The molecule has 0 aliphatic rings. The van der Waals surface area contributed by atoms with E-state index in [1.54, 1.807) is 13.8 Å². The van der Waals surface area contributed by atoms with E-state index in [9.17, 15) is 0 Å². The SMILES string of the molecule is CC(C)(O)CCN.O=S(=O)(O)O. The second kappa shape index (κ2) is 5.44. The maximum atomic E-state index is 8.94. The van der Waals surface area contributed by atoms with Crippen LogP contribution in [0, 0.1) is 0 Å². The molecular formula is C5H15NO5S. The van der Waals surface area contributed by atoms with E-state index >= 15 is 0 Å². The number of aliphatic hydroxyl groups is 1. The summed E-state index contributed by atoms with van der Waals surface area (Å²) < 4.78 is 31.6. The Bertz CT molecular complexity index is 184. The van der Waals surface area contributed by atoms with Crippen molar-refractivity contribution in [2.24, 2.45) is 5.73 Å². The van der Waals surface area contributed by atoms with E-state index in [1.807, 2.05) is 0 Å². The van der Waals surface area contributed by atoms with Gasteiger partial charge in [-0.15, -0.1) is 0 Å². The summed E-state index contributed by atoms with van der Waals surface area (Å²) in [5.74, 6) is 0. The minimum absolute atomic E-state index is 0.559. The number of nitrogens with two attached hydrogens (primary N) is 1. The zero-order valence-electron chi connectivity index (χ0n) is 7.06. The summed E-state index contributed by atoms with van der Waals surface area (Å²) in [6.07, 6.45) is 0.674. The zero-order chi connectivity index (χ0) is 10.4. The van der Waals surface area contributed by atoms with Crippen LogP contribution in [0.3, 0.4) is 0 Å². The molecular weight excluding hydrogens is 186 g/mol. The van der Waals surface area contributed by atoms with Crippen LogP contribution in [0.25, 0.3) is 0 Å². The van der Waals surface area contributed by atoms with Gasteiger partial charge >= 0.3 is 10.4 Å². The van der Waals surface area contributed by atoms with Crippen molar-refractivity contribution >= 4 is 10.4 Å². The topological polar surface area (TPSA) is 121 Å². The van der Waals surface area contributed by atoms with Crippen LogP contribution in [-0.4, -0.2) is 34.8 Å². The molecule has 0 aromatic heterocycles. The highest BCUT2D eigenvalue weighted by Gasteiger charge is 2.08. The second-order valence-electron chi connectivity index (χ2n) is 2.80. The average Bonchev–Trinajstić information content (AvgIpc) is 1.54. The zero-order valence-corrected chi connectivity index (χ0v) is 7.87. The van der Waals surface area contributed by atoms with Crippen LogP contribution in [0.5, 0.6) is 0 Å². The van der Waals surface area contributed by atoms with Gasteiger partial charge in [0.15, 0.2) is 0 Å². The summed E-state index contributed by atoms with van der Waals surface area (Å²) in [6, 6.07) is 0. The average molecular weight is 201 g/mol. The lowest BCUT2D eigenvalue weighted by Crippen LogP contribution is -2.22. The molecule has 0 heterocycles. The molecule has 0 atom stereocenters. The van der Waals surface area contributed by atoms with Crippen molar-refractivity contribution in [1.82, 2.24) is 0 Å². The van der Waals surface area contributed by atoms with Crippen molar-refractivity contribution in [3.05, 3.63) is 0 Å². The third-order valence-corrected chi connectivity index (χ3v) is 0.756. The standard InChI is InChI=1S/C5H13NO.H2O4S/c1-5(2,7)3-4-6;1-5(2,3)4/h7H,3-4,6H2,1-2H3;(H2,1,2,3,4). The molecule has 0 rings (SSSR count). The molecule has 76 valence electrons. The number of hydrogen-bond acceptors (Lipinski definition) is 4. The van der Waals surface area contributed by atoms with Crippen LogP contribution in [0.2, 0.25) is 0 Å². The molecule has 0 aromatic carbocycles. The molecule has 0 radical (unpaired) electrons. The van der Waals surface area contributed by atoms with E-state index < -0.39 is 16.0 Å². The van der Waals surface area contributed by atoms with E-state index in [1.165, 1.54) is 0 Å². The van der Waals surface area contributed by atoms with Crippen molar-refractivity contribution in [3.63, 3.8) is 0 Å². The van der Waals surface area contributed by atoms with Crippen molar-refractivity contribution < 1.29 is 22.6 Å². The van der Waals surface area contributed by atoms with E-state index in [0.717, 1.165) is 0 Å². The van der Waals surface area contributed by atoms with Crippen LogP contribution in [0.15, 0.2) is 0 Å². The minimum Gasteiger partial charge on any atom is -0.390 e. The van der Waals surface area contributed by atoms with Crippen LogP contribution in [0.4, 0.5) is 0 Å². The third kappa shape index (κ3) is 52.7. The first-order valence-electron chi connectivity index (χ1n) is 3.18. The highest BCUT2D eigenvalue weighted by Crippen LogP contribution is 2.03. The van der Waals surface area contributed by atoms with E-state index in [4.69, 9.17) is 28.4 Å². The van der Waals surface area contributed by atoms with Gasteiger partial charge in [-0.2, -0.15) is 8.42 Å². The smallest absolute Gasteiger partial charge is 0.390 e. The molecule has 0 saturated heterocycles. The predicted molar refractivity (Wildman–Crippen MR) is 44.1 cm³/mol. The fourth-order valence-corrected chi connectivity index (χ4v) is 0.353. The fraction of sp³-hybridized carbons (Fsp3) is 1.00. The quantitative estimate of drug-likeness (QED) is 0.445. The first-order chi connectivity index (χ1) is 5.06. The van der Waals surface area contributed by atoms with E-state index in [2.05, 4.69) is 0 Å². The Labute approximate surface area is 72.0 Å². The summed E-state index contributed by atoms with van der Waals surface area (Å²) in [4.78, 5) is 0. The lowest BCUT2D eigenvalue weighted by molar-refractivity contribution is 0.0737. The van der Waals surface area contributed by atoms with Gasteiger partial charge in [-0.1, -0.05) is 0 Å². The Morgan fingerprint density at radius 3 is 1.58 bits per heavy atom.